The van der Waals surface area contributed by atoms with Crippen molar-refractivity contribution in [1.29, 1.82) is 0 Å². The van der Waals surface area contributed by atoms with Crippen LogP contribution in [0, 0.1) is 0 Å². The second-order valence-electron chi connectivity index (χ2n) is 4.65. The Morgan fingerprint density at radius 1 is 1.38 bits per heavy atom. The Kier molecular flexibility index (Phi) is 5.46. The second-order valence-corrected chi connectivity index (χ2v) is 4.65. The number of rotatable bonds is 5. The molecular formula is C14H19F3N2O2. The number of anilines is 1. The maximum Gasteiger partial charge on any atom is 0.573 e. The van der Waals surface area contributed by atoms with E-state index in [4.69, 9.17) is 5.73 Å². The van der Waals surface area contributed by atoms with Gasteiger partial charge in [0.1, 0.15) is 0 Å². The fourth-order valence-corrected chi connectivity index (χ4v) is 1.94. The number of nitrogens with two attached hydrogens (primary N) is 1. The maximum absolute atomic E-state index is 12.3. The van der Waals surface area contributed by atoms with Gasteiger partial charge in [0.25, 0.3) is 5.91 Å². The normalized spacial score (nSPS) is 12.9. The predicted octanol–water partition coefficient (Wildman–Crippen LogP) is 3.43. The standard InChI is InChI=1S/C14H19F3N2O2/c1-4-9(3)19(5-2)13(20)10-6-7-12(11(18)8-10)21-14(15,16)17/h6-9H,4-5,18H2,1-3H3. The van der Waals surface area contributed by atoms with E-state index in [-0.39, 0.29) is 23.2 Å². The van der Waals surface area contributed by atoms with Crippen molar-refractivity contribution < 1.29 is 22.7 Å². The number of carbonyl (C=O) groups is 1. The molecule has 0 aliphatic carbocycles. The van der Waals surface area contributed by atoms with Gasteiger partial charge in [-0.05, 0) is 38.5 Å². The first-order valence-electron chi connectivity index (χ1n) is 6.65. The summed E-state index contributed by atoms with van der Waals surface area (Å²) in [6.07, 6.45) is -4.03. The number of amides is 1. The topological polar surface area (TPSA) is 55.6 Å². The van der Waals surface area contributed by atoms with Crippen molar-refractivity contribution in [3.63, 3.8) is 0 Å². The number of hydrogen-bond donors (Lipinski definition) is 1. The molecule has 1 rings (SSSR count). The monoisotopic (exact) mass is 304 g/mol. The molecule has 0 heterocycles. The largest absolute Gasteiger partial charge is 0.573 e. The van der Waals surface area contributed by atoms with Gasteiger partial charge in [0.15, 0.2) is 5.75 Å². The summed E-state index contributed by atoms with van der Waals surface area (Å²) in [7, 11) is 0. The molecule has 21 heavy (non-hydrogen) atoms. The Hall–Kier alpha value is -1.92. The average molecular weight is 304 g/mol. The second kappa shape index (κ2) is 6.69. The van der Waals surface area contributed by atoms with E-state index in [1.54, 1.807) is 4.90 Å². The number of halogens is 3. The van der Waals surface area contributed by atoms with Crippen molar-refractivity contribution >= 4 is 11.6 Å². The van der Waals surface area contributed by atoms with Crippen LogP contribution in [0.2, 0.25) is 0 Å². The summed E-state index contributed by atoms with van der Waals surface area (Å²) < 4.78 is 40.3. The molecule has 0 spiro atoms. The number of benzene rings is 1. The lowest BCUT2D eigenvalue weighted by molar-refractivity contribution is -0.274. The van der Waals surface area contributed by atoms with E-state index in [9.17, 15) is 18.0 Å². The number of carbonyl (C=O) groups excluding carboxylic acids is 1. The van der Waals surface area contributed by atoms with Crippen LogP contribution < -0.4 is 10.5 Å². The SMILES string of the molecule is CCC(C)N(CC)C(=O)c1ccc(OC(F)(F)F)c(N)c1. The number of nitrogen functional groups attached to an aromatic ring is 1. The number of ether oxygens (including phenoxy) is 1. The molecule has 1 aromatic rings. The Morgan fingerprint density at radius 3 is 2.43 bits per heavy atom. The van der Waals surface area contributed by atoms with Crippen molar-refractivity contribution in [3.05, 3.63) is 23.8 Å². The zero-order valence-corrected chi connectivity index (χ0v) is 12.2. The molecule has 0 fully saturated rings. The van der Waals surface area contributed by atoms with Crippen LogP contribution in [0.25, 0.3) is 0 Å². The van der Waals surface area contributed by atoms with Crippen LogP contribution in [-0.2, 0) is 0 Å². The highest BCUT2D eigenvalue weighted by Crippen LogP contribution is 2.29. The summed E-state index contributed by atoms with van der Waals surface area (Å²) in [4.78, 5) is 14.0. The third-order valence-corrected chi connectivity index (χ3v) is 3.21. The first-order chi connectivity index (χ1) is 9.69. The van der Waals surface area contributed by atoms with Gasteiger partial charge in [-0.25, -0.2) is 0 Å². The van der Waals surface area contributed by atoms with Crippen LogP contribution in [0.15, 0.2) is 18.2 Å². The van der Waals surface area contributed by atoms with Gasteiger partial charge in [0.05, 0.1) is 5.69 Å². The van der Waals surface area contributed by atoms with Crippen LogP contribution in [0.4, 0.5) is 18.9 Å². The predicted molar refractivity (Wildman–Crippen MR) is 74.0 cm³/mol. The number of hydrogen-bond acceptors (Lipinski definition) is 3. The van der Waals surface area contributed by atoms with Gasteiger partial charge in [0.2, 0.25) is 0 Å². The average Bonchev–Trinajstić information content (AvgIpc) is 2.40. The lowest BCUT2D eigenvalue weighted by Crippen LogP contribution is -2.38. The maximum atomic E-state index is 12.3. The molecule has 0 aliphatic heterocycles. The zero-order chi connectivity index (χ0) is 16.2. The third-order valence-electron chi connectivity index (χ3n) is 3.21. The number of nitrogens with zero attached hydrogens (tertiary/aromatic N) is 1. The molecule has 0 aromatic heterocycles. The Bertz CT molecular complexity index is 503. The van der Waals surface area contributed by atoms with Gasteiger partial charge < -0.3 is 15.4 Å². The van der Waals surface area contributed by atoms with Crippen LogP contribution >= 0.6 is 0 Å². The quantitative estimate of drug-likeness (QED) is 0.848. The van der Waals surface area contributed by atoms with Crippen molar-refractivity contribution in [1.82, 2.24) is 4.90 Å². The van der Waals surface area contributed by atoms with Crippen molar-refractivity contribution in [2.75, 3.05) is 12.3 Å². The zero-order valence-electron chi connectivity index (χ0n) is 12.2. The van der Waals surface area contributed by atoms with Gasteiger partial charge in [-0.2, -0.15) is 0 Å². The van der Waals surface area contributed by atoms with E-state index in [2.05, 4.69) is 4.74 Å². The molecule has 4 nitrogen and oxygen atoms in total. The molecule has 0 aliphatic rings. The summed E-state index contributed by atoms with van der Waals surface area (Å²) >= 11 is 0. The van der Waals surface area contributed by atoms with Crippen LogP contribution in [0.5, 0.6) is 5.75 Å². The Labute approximate surface area is 121 Å². The molecule has 118 valence electrons. The molecular weight excluding hydrogens is 285 g/mol. The van der Waals surface area contributed by atoms with E-state index in [0.29, 0.717) is 6.54 Å². The molecule has 2 N–H and O–H groups in total. The molecule has 0 saturated heterocycles. The third kappa shape index (κ3) is 4.54. The van der Waals surface area contributed by atoms with Gasteiger partial charge in [-0.3, -0.25) is 4.79 Å². The minimum absolute atomic E-state index is 0.0369. The molecule has 0 bridgehead atoms. The van der Waals surface area contributed by atoms with E-state index >= 15 is 0 Å². The van der Waals surface area contributed by atoms with E-state index in [1.807, 2.05) is 20.8 Å². The summed E-state index contributed by atoms with van der Waals surface area (Å²) in [6.45, 7) is 6.21. The van der Waals surface area contributed by atoms with Gasteiger partial charge in [0, 0.05) is 18.2 Å². The highest BCUT2D eigenvalue weighted by Gasteiger charge is 2.32. The minimum Gasteiger partial charge on any atom is -0.404 e. The fourth-order valence-electron chi connectivity index (χ4n) is 1.94. The lowest BCUT2D eigenvalue weighted by Gasteiger charge is -2.27. The molecule has 1 aromatic carbocycles. The smallest absolute Gasteiger partial charge is 0.404 e. The highest BCUT2D eigenvalue weighted by molar-refractivity contribution is 5.95. The molecule has 1 atom stereocenters. The van der Waals surface area contributed by atoms with E-state index in [1.165, 1.54) is 12.1 Å². The van der Waals surface area contributed by atoms with Gasteiger partial charge >= 0.3 is 6.36 Å². The molecule has 1 unspecified atom stereocenters. The van der Waals surface area contributed by atoms with E-state index < -0.39 is 12.1 Å². The van der Waals surface area contributed by atoms with Crippen LogP contribution in [0.1, 0.15) is 37.6 Å². The first kappa shape index (κ1) is 17.1. The lowest BCUT2D eigenvalue weighted by atomic mass is 10.1. The fraction of sp³-hybridized carbons (Fsp3) is 0.500. The number of alkyl halides is 3. The van der Waals surface area contributed by atoms with E-state index in [0.717, 1.165) is 12.5 Å². The molecule has 0 saturated carbocycles. The van der Waals surface area contributed by atoms with Crippen LogP contribution in [0.3, 0.4) is 0 Å². The highest BCUT2D eigenvalue weighted by atomic mass is 19.4. The van der Waals surface area contributed by atoms with Gasteiger partial charge in [-0.15, -0.1) is 13.2 Å². The van der Waals surface area contributed by atoms with Crippen molar-refractivity contribution in [2.45, 2.75) is 39.6 Å². The summed E-state index contributed by atoms with van der Waals surface area (Å²) in [5.41, 5.74) is 5.54. The Morgan fingerprint density at radius 2 is 2.00 bits per heavy atom. The summed E-state index contributed by atoms with van der Waals surface area (Å²) in [6, 6.07) is 3.58. The minimum atomic E-state index is -4.81. The molecule has 1 amide bonds. The van der Waals surface area contributed by atoms with Crippen molar-refractivity contribution in [2.24, 2.45) is 0 Å². The summed E-state index contributed by atoms with van der Waals surface area (Å²) in [5, 5.41) is 0. The molecule has 0 radical (unpaired) electrons. The van der Waals surface area contributed by atoms with Crippen molar-refractivity contribution in [3.8, 4) is 5.75 Å². The van der Waals surface area contributed by atoms with Crippen LogP contribution in [-0.4, -0.2) is 29.8 Å². The Balaban J connectivity index is 3.00. The summed E-state index contributed by atoms with van der Waals surface area (Å²) in [5.74, 6) is -0.775. The molecule has 7 heteroatoms. The van der Waals surface area contributed by atoms with Gasteiger partial charge in [-0.1, -0.05) is 6.92 Å². The first-order valence-corrected chi connectivity index (χ1v) is 6.65.